The Kier molecular flexibility index (Phi) is 4.03. The summed E-state index contributed by atoms with van der Waals surface area (Å²) in [7, 11) is 0. The van der Waals surface area contributed by atoms with Crippen molar-refractivity contribution in [1.82, 2.24) is 20.1 Å². The van der Waals surface area contributed by atoms with Crippen molar-refractivity contribution in [3.8, 4) is 0 Å². The van der Waals surface area contributed by atoms with E-state index in [9.17, 15) is 4.79 Å². The molecule has 1 aromatic heterocycles. The van der Waals surface area contributed by atoms with Gasteiger partial charge in [-0.05, 0) is 23.3 Å². The van der Waals surface area contributed by atoms with Crippen LogP contribution in [0.5, 0.6) is 0 Å². The number of carbonyl (C=O) groups is 1. The van der Waals surface area contributed by atoms with Gasteiger partial charge in [-0.15, -0.1) is 0 Å². The second-order valence-electron chi connectivity index (χ2n) is 6.08. The molecule has 7 nitrogen and oxygen atoms in total. The molecule has 2 aliphatic heterocycles. The Morgan fingerprint density at radius 3 is 3.08 bits per heavy atom. The summed E-state index contributed by atoms with van der Waals surface area (Å²) >= 11 is 0. The molecule has 1 atom stereocenters. The molecule has 1 amide bonds. The lowest BCUT2D eigenvalue weighted by molar-refractivity contribution is -0.0266. The van der Waals surface area contributed by atoms with Gasteiger partial charge in [-0.1, -0.05) is 13.0 Å². The van der Waals surface area contributed by atoms with E-state index >= 15 is 0 Å². The molecule has 0 spiro atoms. The molecule has 0 radical (unpaired) electrons. The van der Waals surface area contributed by atoms with E-state index in [-0.39, 0.29) is 12.0 Å². The molecule has 1 aromatic carbocycles. The third kappa shape index (κ3) is 2.81. The number of aryl methyl sites for hydroxylation is 1. The number of hydrogen-bond donors (Lipinski definition) is 1. The lowest BCUT2D eigenvalue weighted by Crippen LogP contribution is -2.42. The molecule has 1 N–H and O–H groups in total. The number of nitrogens with zero attached hydrogens (tertiary/aromatic N) is 3. The number of carbonyl (C=O) groups excluding carboxylic acids is 1. The maximum absolute atomic E-state index is 12.8. The standard InChI is InChI=1S/C17H20N4O3/c1-2-15-18-16(20-19-15)14-8-21(5-6-24-14)17(22)11-3-4-12-9-23-10-13(12)7-11/h3-4,7,14H,2,5-6,8-10H2,1H3,(H,18,19,20)/t14-/m1/s1. The van der Waals surface area contributed by atoms with Crippen molar-refractivity contribution in [2.45, 2.75) is 32.7 Å². The minimum Gasteiger partial charge on any atom is -0.372 e. The molecule has 0 bridgehead atoms. The zero-order valence-electron chi connectivity index (χ0n) is 13.6. The van der Waals surface area contributed by atoms with Crippen LogP contribution in [0.25, 0.3) is 0 Å². The van der Waals surface area contributed by atoms with Gasteiger partial charge in [0.05, 0.1) is 26.4 Å². The van der Waals surface area contributed by atoms with Gasteiger partial charge in [0.15, 0.2) is 5.82 Å². The lowest BCUT2D eigenvalue weighted by Gasteiger charge is -2.31. The third-order valence-electron chi connectivity index (χ3n) is 4.49. The number of ether oxygens (including phenoxy) is 2. The average Bonchev–Trinajstić information content (AvgIpc) is 3.29. The molecule has 0 unspecified atom stereocenters. The average molecular weight is 328 g/mol. The summed E-state index contributed by atoms with van der Waals surface area (Å²) in [5, 5.41) is 7.11. The third-order valence-corrected chi connectivity index (χ3v) is 4.49. The van der Waals surface area contributed by atoms with Crippen molar-refractivity contribution < 1.29 is 14.3 Å². The van der Waals surface area contributed by atoms with E-state index in [1.165, 1.54) is 5.56 Å². The van der Waals surface area contributed by atoms with Crippen molar-refractivity contribution in [2.75, 3.05) is 19.7 Å². The van der Waals surface area contributed by atoms with Crippen LogP contribution in [-0.4, -0.2) is 45.7 Å². The van der Waals surface area contributed by atoms with Crippen LogP contribution in [-0.2, 0) is 29.1 Å². The molecule has 2 aromatic rings. The summed E-state index contributed by atoms with van der Waals surface area (Å²) in [5.41, 5.74) is 2.97. The van der Waals surface area contributed by atoms with E-state index in [0.29, 0.717) is 44.3 Å². The Bertz CT molecular complexity index is 758. The van der Waals surface area contributed by atoms with Gasteiger partial charge < -0.3 is 14.4 Å². The molecule has 2 aliphatic rings. The van der Waals surface area contributed by atoms with Crippen LogP contribution in [0.4, 0.5) is 0 Å². The number of hydrogen-bond acceptors (Lipinski definition) is 5. The molecule has 0 saturated carbocycles. The Morgan fingerprint density at radius 1 is 1.38 bits per heavy atom. The highest BCUT2D eigenvalue weighted by Gasteiger charge is 2.29. The molecule has 1 saturated heterocycles. The topological polar surface area (TPSA) is 80.3 Å². The van der Waals surface area contributed by atoms with Gasteiger partial charge in [-0.2, -0.15) is 5.10 Å². The van der Waals surface area contributed by atoms with Crippen molar-refractivity contribution in [3.05, 3.63) is 46.5 Å². The molecular weight excluding hydrogens is 308 g/mol. The van der Waals surface area contributed by atoms with Crippen molar-refractivity contribution >= 4 is 5.91 Å². The van der Waals surface area contributed by atoms with Crippen molar-refractivity contribution in [2.24, 2.45) is 0 Å². The fourth-order valence-electron chi connectivity index (χ4n) is 3.09. The number of morpholine rings is 1. The van der Waals surface area contributed by atoms with E-state index < -0.39 is 0 Å². The van der Waals surface area contributed by atoms with Crippen LogP contribution in [0.2, 0.25) is 0 Å². The molecule has 126 valence electrons. The summed E-state index contributed by atoms with van der Waals surface area (Å²) in [6.45, 7) is 4.76. The smallest absolute Gasteiger partial charge is 0.254 e. The number of rotatable bonds is 3. The minimum absolute atomic E-state index is 0.0178. The highest BCUT2D eigenvalue weighted by atomic mass is 16.5. The van der Waals surface area contributed by atoms with Gasteiger partial charge in [0.1, 0.15) is 11.9 Å². The van der Waals surface area contributed by atoms with Crippen LogP contribution in [0.1, 0.15) is 46.2 Å². The van der Waals surface area contributed by atoms with Crippen LogP contribution in [0.15, 0.2) is 18.2 Å². The van der Waals surface area contributed by atoms with Crippen molar-refractivity contribution in [1.29, 1.82) is 0 Å². The first-order valence-corrected chi connectivity index (χ1v) is 8.26. The number of nitrogens with one attached hydrogen (secondary N) is 1. The molecule has 7 heteroatoms. The Balaban J connectivity index is 1.50. The minimum atomic E-state index is -0.281. The predicted molar refractivity (Wildman–Crippen MR) is 85.3 cm³/mol. The summed E-state index contributed by atoms with van der Waals surface area (Å²) < 4.78 is 11.2. The van der Waals surface area contributed by atoms with Crippen LogP contribution >= 0.6 is 0 Å². The van der Waals surface area contributed by atoms with E-state index in [2.05, 4.69) is 15.2 Å². The van der Waals surface area contributed by atoms with E-state index in [1.807, 2.05) is 30.0 Å². The largest absolute Gasteiger partial charge is 0.372 e. The SMILES string of the molecule is CCc1nc([C@H]2CN(C(=O)c3ccc4c(c3)COC4)CCO2)n[nH]1. The van der Waals surface area contributed by atoms with Gasteiger partial charge in [-0.25, -0.2) is 4.98 Å². The van der Waals surface area contributed by atoms with E-state index in [1.54, 1.807) is 0 Å². The molecule has 24 heavy (non-hydrogen) atoms. The second-order valence-corrected chi connectivity index (χ2v) is 6.08. The van der Waals surface area contributed by atoms with Crippen molar-refractivity contribution in [3.63, 3.8) is 0 Å². The Morgan fingerprint density at radius 2 is 2.25 bits per heavy atom. The zero-order valence-corrected chi connectivity index (χ0v) is 13.6. The lowest BCUT2D eigenvalue weighted by atomic mass is 10.1. The monoisotopic (exact) mass is 328 g/mol. The number of aromatic amines is 1. The van der Waals surface area contributed by atoms with E-state index in [4.69, 9.17) is 9.47 Å². The van der Waals surface area contributed by atoms with E-state index in [0.717, 1.165) is 17.8 Å². The highest BCUT2D eigenvalue weighted by Crippen LogP contribution is 2.24. The van der Waals surface area contributed by atoms with Gasteiger partial charge in [0.2, 0.25) is 0 Å². The first-order valence-electron chi connectivity index (χ1n) is 8.26. The molecule has 4 rings (SSSR count). The predicted octanol–water partition coefficient (Wildman–Crippen LogP) is 1.61. The van der Waals surface area contributed by atoms with Gasteiger partial charge in [-0.3, -0.25) is 9.89 Å². The quantitative estimate of drug-likeness (QED) is 0.926. The first kappa shape index (κ1) is 15.3. The number of benzene rings is 1. The van der Waals surface area contributed by atoms with Gasteiger partial charge in [0.25, 0.3) is 5.91 Å². The Hall–Kier alpha value is -2.25. The van der Waals surface area contributed by atoms with Crippen LogP contribution < -0.4 is 0 Å². The molecule has 3 heterocycles. The summed E-state index contributed by atoms with van der Waals surface area (Å²) in [5.74, 6) is 1.46. The highest BCUT2D eigenvalue weighted by molar-refractivity contribution is 5.94. The van der Waals surface area contributed by atoms with Gasteiger partial charge >= 0.3 is 0 Å². The fourth-order valence-corrected chi connectivity index (χ4v) is 3.09. The maximum atomic E-state index is 12.8. The second kappa shape index (κ2) is 6.33. The maximum Gasteiger partial charge on any atom is 0.254 e. The summed E-state index contributed by atoms with van der Waals surface area (Å²) in [6, 6.07) is 5.80. The number of aromatic nitrogens is 3. The number of fused-ring (bicyclic) bond motifs is 1. The Labute approximate surface area is 140 Å². The summed E-state index contributed by atoms with van der Waals surface area (Å²) in [4.78, 5) is 19.1. The molecular formula is C17H20N4O3. The zero-order chi connectivity index (χ0) is 16.5. The number of H-pyrrole nitrogens is 1. The molecule has 0 aliphatic carbocycles. The van der Waals surface area contributed by atoms with Crippen LogP contribution in [0, 0.1) is 0 Å². The normalized spacial score (nSPS) is 20.2. The van der Waals surface area contributed by atoms with Gasteiger partial charge in [0, 0.05) is 18.5 Å². The first-order chi connectivity index (χ1) is 11.7. The summed E-state index contributed by atoms with van der Waals surface area (Å²) in [6.07, 6.45) is 0.511. The fraction of sp³-hybridized carbons (Fsp3) is 0.471. The number of amides is 1. The molecule has 1 fully saturated rings. The van der Waals surface area contributed by atoms with Crippen LogP contribution in [0.3, 0.4) is 0 Å².